The highest BCUT2D eigenvalue weighted by molar-refractivity contribution is 6.31. The largest absolute Gasteiger partial charge is 0.384 e. The molecular weight excluding hydrogens is 506 g/mol. The van der Waals surface area contributed by atoms with Gasteiger partial charge in [-0.1, -0.05) is 41.9 Å². The summed E-state index contributed by atoms with van der Waals surface area (Å²) in [6.07, 6.45) is 1.64. The molecular formula is C27H30ClN7O3. The Labute approximate surface area is 225 Å². The minimum absolute atomic E-state index is 0.228. The Morgan fingerprint density at radius 2 is 1.71 bits per heavy atom. The fourth-order valence-electron chi connectivity index (χ4n) is 5.36. The molecule has 0 radical (unpaired) electrons. The third kappa shape index (κ3) is 4.79. The second-order valence-corrected chi connectivity index (χ2v) is 10.1. The van der Waals surface area contributed by atoms with Crippen molar-refractivity contribution in [2.24, 2.45) is 5.73 Å². The maximum Gasteiger partial charge on any atom is 0.321 e. The number of aromatic nitrogens is 1. The molecule has 198 valence electrons. The zero-order chi connectivity index (χ0) is 26.9. The van der Waals surface area contributed by atoms with Crippen LogP contribution in [0, 0.1) is 0 Å². The molecule has 2 aliphatic heterocycles. The lowest BCUT2D eigenvalue weighted by Gasteiger charge is -2.40. The predicted octanol–water partition coefficient (Wildman–Crippen LogP) is 3.29. The zero-order valence-corrected chi connectivity index (χ0v) is 21.7. The number of likely N-dealkylation sites (tertiary alicyclic amines) is 1. The monoisotopic (exact) mass is 535 g/mol. The summed E-state index contributed by atoms with van der Waals surface area (Å²) in [4.78, 5) is 48.7. The first-order valence-electron chi connectivity index (χ1n) is 12.6. The van der Waals surface area contributed by atoms with E-state index in [9.17, 15) is 14.4 Å². The van der Waals surface area contributed by atoms with Crippen LogP contribution in [0.2, 0.25) is 5.02 Å². The van der Waals surface area contributed by atoms with Crippen molar-refractivity contribution in [1.29, 1.82) is 0 Å². The van der Waals surface area contributed by atoms with E-state index >= 15 is 0 Å². The fourth-order valence-corrected chi connectivity index (χ4v) is 5.53. The minimum Gasteiger partial charge on any atom is -0.384 e. The lowest BCUT2D eigenvalue weighted by Crippen LogP contribution is -2.62. The van der Waals surface area contributed by atoms with Crippen molar-refractivity contribution in [3.05, 3.63) is 65.2 Å². The number of anilines is 2. The van der Waals surface area contributed by atoms with Gasteiger partial charge in [-0.05, 0) is 43.0 Å². The number of halogens is 1. The van der Waals surface area contributed by atoms with Crippen molar-refractivity contribution in [3.63, 3.8) is 0 Å². The number of piperazine rings is 1. The van der Waals surface area contributed by atoms with Gasteiger partial charge in [-0.3, -0.25) is 9.69 Å². The Kier molecular flexibility index (Phi) is 6.98. The molecule has 2 aliphatic rings. The molecule has 0 bridgehead atoms. The minimum atomic E-state index is -1.38. The molecule has 5 amide bonds. The number of urea groups is 2. The number of imide groups is 1. The second-order valence-electron chi connectivity index (χ2n) is 9.66. The molecule has 1 atom stereocenters. The number of rotatable bonds is 3. The van der Waals surface area contributed by atoms with Gasteiger partial charge in [0, 0.05) is 54.9 Å². The van der Waals surface area contributed by atoms with E-state index in [1.807, 2.05) is 36.4 Å². The number of carbonyl (C=O) groups is 3. The van der Waals surface area contributed by atoms with Gasteiger partial charge in [0.05, 0.1) is 5.52 Å². The van der Waals surface area contributed by atoms with Crippen molar-refractivity contribution in [2.75, 3.05) is 43.4 Å². The summed E-state index contributed by atoms with van der Waals surface area (Å²) < 4.78 is 0. The second kappa shape index (κ2) is 10.4. The van der Waals surface area contributed by atoms with E-state index in [0.717, 1.165) is 16.0 Å². The molecule has 2 saturated heterocycles. The summed E-state index contributed by atoms with van der Waals surface area (Å²) in [6.45, 7) is 2.22. The quantitative estimate of drug-likeness (QED) is 0.470. The summed E-state index contributed by atoms with van der Waals surface area (Å²) in [5, 5.41) is 4.53. The number of primary amides is 1. The molecule has 3 aromatic rings. The van der Waals surface area contributed by atoms with Gasteiger partial charge in [0.1, 0.15) is 11.4 Å². The lowest BCUT2D eigenvalue weighted by molar-refractivity contribution is -0.134. The molecule has 5 rings (SSSR count). The van der Waals surface area contributed by atoms with Crippen LogP contribution in [-0.2, 0) is 10.3 Å². The van der Waals surface area contributed by atoms with Crippen molar-refractivity contribution in [1.82, 2.24) is 20.1 Å². The molecule has 38 heavy (non-hydrogen) atoms. The van der Waals surface area contributed by atoms with Crippen molar-refractivity contribution in [3.8, 4) is 0 Å². The first-order valence-corrected chi connectivity index (χ1v) is 13.0. The van der Waals surface area contributed by atoms with E-state index in [2.05, 4.69) is 15.2 Å². The fraction of sp³-hybridized carbons (Fsp3) is 0.333. The normalized spacial score (nSPS) is 20.3. The van der Waals surface area contributed by atoms with E-state index in [-0.39, 0.29) is 12.6 Å². The van der Waals surface area contributed by atoms with E-state index in [1.54, 1.807) is 23.1 Å². The number of fused-ring (bicyclic) bond motifs is 1. The van der Waals surface area contributed by atoms with Crippen LogP contribution in [0.3, 0.4) is 0 Å². The number of hydrogen-bond acceptors (Lipinski definition) is 6. The number of benzene rings is 2. The molecule has 2 fully saturated rings. The first kappa shape index (κ1) is 25.6. The van der Waals surface area contributed by atoms with Crippen LogP contribution in [0.25, 0.3) is 10.9 Å². The predicted molar refractivity (Wildman–Crippen MR) is 147 cm³/mol. The van der Waals surface area contributed by atoms with E-state index in [0.29, 0.717) is 67.4 Å². The van der Waals surface area contributed by atoms with Crippen molar-refractivity contribution >= 4 is 52.0 Å². The molecule has 0 spiro atoms. The maximum absolute atomic E-state index is 13.7. The van der Waals surface area contributed by atoms with E-state index < -0.39 is 17.5 Å². The highest BCUT2D eigenvalue weighted by atomic mass is 35.5. The lowest BCUT2D eigenvalue weighted by atomic mass is 9.84. The number of nitrogens with two attached hydrogens (primary N) is 2. The van der Waals surface area contributed by atoms with Crippen LogP contribution in [0.1, 0.15) is 24.8 Å². The number of hydrogen-bond donors (Lipinski definition) is 3. The van der Waals surface area contributed by atoms with Crippen LogP contribution in [0.15, 0.2) is 54.6 Å². The summed E-state index contributed by atoms with van der Waals surface area (Å²) in [5.74, 6) is -0.108. The van der Waals surface area contributed by atoms with Gasteiger partial charge in [0.2, 0.25) is 0 Å². The summed E-state index contributed by atoms with van der Waals surface area (Å²) >= 11 is 6.15. The molecule has 2 aromatic carbocycles. The van der Waals surface area contributed by atoms with Crippen molar-refractivity contribution < 1.29 is 14.4 Å². The number of nitrogens with zero attached hydrogens (tertiary/aromatic N) is 4. The number of pyridine rings is 1. The average Bonchev–Trinajstić information content (AvgIpc) is 3.08. The molecule has 11 heteroatoms. The van der Waals surface area contributed by atoms with Crippen LogP contribution >= 0.6 is 11.6 Å². The van der Waals surface area contributed by atoms with Gasteiger partial charge in [0.15, 0.2) is 0 Å². The van der Waals surface area contributed by atoms with E-state index in [4.69, 9.17) is 23.1 Å². The Morgan fingerprint density at radius 3 is 2.42 bits per heavy atom. The van der Waals surface area contributed by atoms with Crippen LogP contribution < -0.4 is 21.7 Å². The summed E-state index contributed by atoms with van der Waals surface area (Å²) in [5.41, 5.74) is 12.5. The van der Waals surface area contributed by atoms with Crippen LogP contribution in [0.4, 0.5) is 21.1 Å². The Bertz CT molecular complexity index is 1370. The Balaban J connectivity index is 1.37. The molecule has 5 N–H and O–H groups in total. The maximum atomic E-state index is 13.7. The van der Waals surface area contributed by atoms with Crippen molar-refractivity contribution in [2.45, 2.75) is 24.8 Å². The van der Waals surface area contributed by atoms with Gasteiger partial charge in [-0.25, -0.2) is 14.6 Å². The number of carbonyl (C=O) groups excluding carboxylic acids is 3. The summed E-state index contributed by atoms with van der Waals surface area (Å²) in [7, 11) is 0. The smallest absolute Gasteiger partial charge is 0.321 e. The zero-order valence-electron chi connectivity index (χ0n) is 20.9. The SMILES string of the molecule is NC(=O)N1CCCC[C@](NC(=O)N2CCN(c3cc(N)nc4cc(Cl)ccc34)CC2)(c2ccccc2)C1=O. The number of nitrogen functional groups attached to an aromatic ring is 1. The Hall–Kier alpha value is -4.05. The molecule has 3 heterocycles. The highest BCUT2D eigenvalue weighted by Crippen LogP contribution is 2.34. The highest BCUT2D eigenvalue weighted by Gasteiger charge is 2.47. The van der Waals surface area contributed by atoms with Crippen LogP contribution in [-0.4, -0.2) is 65.5 Å². The van der Waals surface area contributed by atoms with Gasteiger partial charge >= 0.3 is 12.1 Å². The third-order valence-electron chi connectivity index (χ3n) is 7.32. The number of nitrogens with one attached hydrogen (secondary N) is 1. The molecule has 10 nitrogen and oxygen atoms in total. The molecule has 0 aliphatic carbocycles. The van der Waals surface area contributed by atoms with Gasteiger partial charge in [-0.15, -0.1) is 0 Å². The first-order chi connectivity index (χ1) is 18.3. The van der Waals surface area contributed by atoms with Gasteiger partial charge in [0.25, 0.3) is 5.91 Å². The topological polar surface area (TPSA) is 138 Å². The molecule has 0 saturated carbocycles. The van der Waals surface area contributed by atoms with Gasteiger partial charge in [-0.2, -0.15) is 0 Å². The third-order valence-corrected chi connectivity index (χ3v) is 7.56. The number of amides is 5. The van der Waals surface area contributed by atoms with E-state index in [1.165, 1.54) is 0 Å². The standard InChI is InChI=1S/C27H30ClN7O3/c28-19-8-9-20-21(16-19)31-23(29)17-22(20)33-12-14-34(15-13-33)26(38)32-27(18-6-2-1-3-7-18)10-4-5-11-35(24(27)36)25(30)37/h1-3,6-9,16-17H,4-5,10-15H2,(H2,29,31)(H2,30,37)(H,32,38)/t27-/m0/s1. The molecule has 0 unspecified atom stereocenters. The summed E-state index contributed by atoms with van der Waals surface area (Å²) in [6, 6.07) is 15.2. The van der Waals surface area contributed by atoms with Crippen LogP contribution in [0.5, 0.6) is 0 Å². The van der Waals surface area contributed by atoms with Gasteiger partial charge < -0.3 is 26.6 Å². The Morgan fingerprint density at radius 1 is 0.974 bits per heavy atom. The average molecular weight is 536 g/mol. The molecule has 1 aromatic heterocycles.